The van der Waals surface area contributed by atoms with Crippen LogP contribution in [-0.4, -0.2) is 37.1 Å². The minimum Gasteiger partial charge on any atom is -0.462 e. The lowest BCUT2D eigenvalue weighted by molar-refractivity contribution is -0.156. The van der Waals surface area contributed by atoms with Gasteiger partial charge in [-0.15, -0.1) is 0 Å². The van der Waals surface area contributed by atoms with Gasteiger partial charge in [0.25, 0.3) is 0 Å². The first kappa shape index (κ1) is 38.2. The van der Waals surface area contributed by atoms with Crippen LogP contribution in [0.2, 0.25) is 30.1 Å². The van der Waals surface area contributed by atoms with Crippen LogP contribution in [0.15, 0.2) is 12.1 Å². The van der Waals surface area contributed by atoms with Crippen LogP contribution >= 0.6 is 69.6 Å². The van der Waals surface area contributed by atoms with Crippen molar-refractivity contribution < 1.29 is 38.1 Å². The fraction of sp³-hybridized carbons (Fsp3) is 0.467. The highest BCUT2D eigenvalue weighted by molar-refractivity contribution is 6.47. The summed E-state index contributed by atoms with van der Waals surface area (Å²) >= 11 is 37.1. The number of benzene rings is 2. The summed E-state index contributed by atoms with van der Waals surface area (Å²) < 4.78 is 20.9. The van der Waals surface area contributed by atoms with Gasteiger partial charge in [0.15, 0.2) is 11.5 Å². The van der Waals surface area contributed by atoms with Crippen LogP contribution in [0.4, 0.5) is 0 Å². The SMILES string of the molecule is CC(C)C(C)CCOC(=O)c1c(Cl)c(Cl)cc(Cl)c1OC(=O)C(=O)Oc1c(Cl)cc(Cl)c(Cl)c1C(=O)OCCC(C)C(C)C. The van der Waals surface area contributed by atoms with E-state index in [0.717, 1.165) is 12.1 Å². The predicted octanol–water partition coefficient (Wildman–Crippen LogP) is 9.80. The third-order valence-electron chi connectivity index (χ3n) is 7.11. The number of halogens is 6. The molecule has 44 heavy (non-hydrogen) atoms. The molecular weight excluding hydrogens is 701 g/mol. The molecule has 0 saturated heterocycles. The molecule has 0 heterocycles. The molecule has 2 atom stereocenters. The average molecular weight is 733 g/mol. The van der Waals surface area contributed by atoms with E-state index in [4.69, 9.17) is 88.6 Å². The van der Waals surface area contributed by atoms with E-state index in [1.54, 1.807) is 0 Å². The highest BCUT2D eigenvalue weighted by Crippen LogP contribution is 2.42. The summed E-state index contributed by atoms with van der Waals surface area (Å²) in [5, 5.41) is -1.55. The molecule has 0 spiro atoms. The minimum absolute atomic E-state index is 0.0269. The average Bonchev–Trinajstić information content (AvgIpc) is 2.94. The van der Waals surface area contributed by atoms with Gasteiger partial charge in [0.05, 0.1) is 43.3 Å². The van der Waals surface area contributed by atoms with Crippen molar-refractivity contribution in [2.75, 3.05) is 13.2 Å². The van der Waals surface area contributed by atoms with Gasteiger partial charge in [-0.05, 0) is 48.6 Å². The Hall–Kier alpha value is -1.94. The molecule has 2 aromatic carbocycles. The molecule has 14 heteroatoms. The first-order valence-electron chi connectivity index (χ1n) is 13.6. The molecule has 8 nitrogen and oxygen atoms in total. The molecule has 0 aliphatic heterocycles. The number of hydrogen-bond acceptors (Lipinski definition) is 8. The van der Waals surface area contributed by atoms with Crippen molar-refractivity contribution in [3.8, 4) is 11.5 Å². The molecule has 2 rings (SSSR count). The first-order valence-corrected chi connectivity index (χ1v) is 15.9. The van der Waals surface area contributed by atoms with Crippen molar-refractivity contribution in [3.63, 3.8) is 0 Å². The second kappa shape index (κ2) is 17.1. The lowest BCUT2D eigenvalue weighted by Gasteiger charge is -2.17. The van der Waals surface area contributed by atoms with Crippen LogP contribution in [0.1, 0.15) is 75.1 Å². The van der Waals surface area contributed by atoms with Crippen molar-refractivity contribution in [3.05, 3.63) is 53.4 Å². The predicted molar refractivity (Wildman–Crippen MR) is 172 cm³/mol. The zero-order valence-electron chi connectivity index (χ0n) is 24.8. The summed E-state index contributed by atoms with van der Waals surface area (Å²) in [5.41, 5.74) is -0.954. The Balaban J connectivity index is 2.33. The van der Waals surface area contributed by atoms with E-state index in [1.807, 2.05) is 41.5 Å². The third kappa shape index (κ3) is 10.0. The van der Waals surface area contributed by atoms with Crippen molar-refractivity contribution in [1.29, 1.82) is 0 Å². The topological polar surface area (TPSA) is 105 Å². The highest BCUT2D eigenvalue weighted by Gasteiger charge is 2.32. The zero-order valence-corrected chi connectivity index (χ0v) is 29.4. The van der Waals surface area contributed by atoms with E-state index in [9.17, 15) is 19.2 Å². The van der Waals surface area contributed by atoms with Crippen molar-refractivity contribution >= 4 is 93.5 Å². The monoisotopic (exact) mass is 730 g/mol. The summed E-state index contributed by atoms with van der Waals surface area (Å²) in [5.74, 6) is -5.29. The molecule has 0 radical (unpaired) electrons. The Morgan fingerprint density at radius 1 is 0.568 bits per heavy atom. The van der Waals surface area contributed by atoms with Gasteiger partial charge in [-0.1, -0.05) is 111 Å². The van der Waals surface area contributed by atoms with Crippen LogP contribution in [0, 0.1) is 23.7 Å². The summed E-state index contributed by atoms with van der Waals surface area (Å²) in [6.45, 7) is 12.2. The van der Waals surface area contributed by atoms with Gasteiger partial charge in [0, 0.05) is 0 Å². The van der Waals surface area contributed by atoms with Gasteiger partial charge in [0.1, 0.15) is 11.1 Å². The largest absolute Gasteiger partial charge is 0.462 e. The second-order valence-corrected chi connectivity index (χ2v) is 13.2. The van der Waals surface area contributed by atoms with E-state index in [0.29, 0.717) is 24.7 Å². The van der Waals surface area contributed by atoms with Crippen LogP contribution in [0.5, 0.6) is 11.5 Å². The lowest BCUT2D eigenvalue weighted by atomic mass is 9.95. The maximum absolute atomic E-state index is 13.0. The molecule has 0 aliphatic carbocycles. The van der Waals surface area contributed by atoms with Gasteiger partial charge in [-0.25, -0.2) is 19.2 Å². The van der Waals surface area contributed by atoms with Crippen LogP contribution in [0.3, 0.4) is 0 Å². The lowest BCUT2D eigenvalue weighted by Crippen LogP contribution is -2.27. The molecule has 0 fully saturated rings. The molecule has 242 valence electrons. The van der Waals surface area contributed by atoms with Crippen molar-refractivity contribution in [1.82, 2.24) is 0 Å². The number of esters is 4. The normalized spacial score (nSPS) is 12.6. The van der Waals surface area contributed by atoms with E-state index >= 15 is 0 Å². The van der Waals surface area contributed by atoms with Crippen molar-refractivity contribution in [2.45, 2.75) is 54.4 Å². The number of carbonyl (C=O) groups excluding carboxylic acids is 4. The molecule has 0 saturated carbocycles. The van der Waals surface area contributed by atoms with Gasteiger partial charge < -0.3 is 18.9 Å². The van der Waals surface area contributed by atoms with Gasteiger partial charge in [0.2, 0.25) is 0 Å². The van der Waals surface area contributed by atoms with Gasteiger partial charge >= 0.3 is 23.9 Å². The number of ether oxygens (including phenoxy) is 4. The van der Waals surface area contributed by atoms with E-state index in [2.05, 4.69) is 0 Å². The fourth-order valence-corrected chi connectivity index (χ4v) is 4.91. The Kier molecular flexibility index (Phi) is 14.9. The number of rotatable bonds is 12. The molecule has 2 aromatic rings. The van der Waals surface area contributed by atoms with E-state index in [1.165, 1.54) is 0 Å². The smallest absolute Gasteiger partial charge is 0.423 e. The maximum Gasteiger partial charge on any atom is 0.423 e. The molecule has 2 unspecified atom stereocenters. The Morgan fingerprint density at radius 3 is 1.18 bits per heavy atom. The third-order valence-corrected chi connectivity index (χ3v) is 9.24. The highest BCUT2D eigenvalue weighted by atomic mass is 35.5. The van der Waals surface area contributed by atoms with Crippen LogP contribution in [-0.2, 0) is 19.1 Å². The van der Waals surface area contributed by atoms with Gasteiger partial charge in [-0.2, -0.15) is 0 Å². The van der Waals surface area contributed by atoms with Gasteiger partial charge in [-0.3, -0.25) is 0 Å². The fourth-order valence-electron chi connectivity index (χ4n) is 3.48. The molecule has 0 bridgehead atoms. The molecule has 0 N–H and O–H groups in total. The Bertz CT molecular complexity index is 1300. The summed E-state index contributed by atoms with van der Waals surface area (Å²) in [6, 6.07) is 2.22. The molecular formula is C30H32Cl6O8. The molecule has 0 aliphatic rings. The maximum atomic E-state index is 13.0. The zero-order chi connectivity index (χ0) is 33.5. The number of hydrogen-bond donors (Lipinski definition) is 0. The standard InChI is InChI=1S/C30H32Cl6O8/c1-13(2)15(5)7-9-41-27(37)21-23(35)17(31)11-19(33)25(21)43-29(39)30(40)44-26-20(34)12-18(32)24(36)22(26)28(38)42-10-8-16(6)14(3)4/h11-16H,7-10H2,1-6H3. The van der Waals surface area contributed by atoms with E-state index < -0.39 is 46.5 Å². The van der Waals surface area contributed by atoms with E-state index in [-0.39, 0.29) is 55.2 Å². The quantitative estimate of drug-likeness (QED) is 0.0919. The number of carbonyl (C=O) groups is 4. The van der Waals surface area contributed by atoms with Crippen molar-refractivity contribution in [2.24, 2.45) is 23.7 Å². The first-order chi connectivity index (χ1) is 20.5. The molecule has 0 amide bonds. The summed E-state index contributed by atoms with van der Waals surface area (Å²) in [4.78, 5) is 51.7. The minimum atomic E-state index is -1.65. The second-order valence-electron chi connectivity index (χ2n) is 10.8. The molecule has 0 aromatic heterocycles. The summed E-state index contributed by atoms with van der Waals surface area (Å²) in [6.07, 6.45) is 1.09. The van der Waals surface area contributed by atoms with Crippen LogP contribution < -0.4 is 9.47 Å². The van der Waals surface area contributed by atoms with Crippen LogP contribution in [0.25, 0.3) is 0 Å². The Morgan fingerprint density at radius 2 is 0.886 bits per heavy atom. The Labute approximate surface area is 286 Å². The summed E-state index contributed by atoms with van der Waals surface area (Å²) in [7, 11) is 0.